The van der Waals surface area contributed by atoms with Crippen LogP contribution in [0.15, 0.2) is 47.5 Å². The third-order valence-corrected chi connectivity index (χ3v) is 5.80. The molecule has 28 heavy (non-hydrogen) atoms. The summed E-state index contributed by atoms with van der Waals surface area (Å²) < 4.78 is 0. The van der Waals surface area contributed by atoms with Crippen LogP contribution >= 0.6 is 0 Å². The minimum atomic E-state index is -0.135. The number of amides is 1. The van der Waals surface area contributed by atoms with E-state index in [1.165, 1.54) is 30.4 Å². The van der Waals surface area contributed by atoms with Gasteiger partial charge in [0.05, 0.1) is 23.5 Å². The maximum atomic E-state index is 12.0. The lowest BCUT2D eigenvalue weighted by Gasteiger charge is -2.44. The summed E-state index contributed by atoms with van der Waals surface area (Å²) >= 11 is 0. The van der Waals surface area contributed by atoms with Crippen molar-refractivity contribution in [3.8, 4) is 0 Å². The van der Waals surface area contributed by atoms with Gasteiger partial charge < -0.3 is 16.0 Å². The van der Waals surface area contributed by atoms with Crippen LogP contribution in [0, 0.1) is 6.92 Å². The second kappa shape index (κ2) is 7.66. The van der Waals surface area contributed by atoms with Crippen molar-refractivity contribution in [3.63, 3.8) is 0 Å². The highest BCUT2D eigenvalue weighted by Crippen LogP contribution is 2.40. The van der Waals surface area contributed by atoms with E-state index in [9.17, 15) is 4.79 Å². The molecule has 0 unspecified atom stereocenters. The van der Waals surface area contributed by atoms with Gasteiger partial charge in [0.15, 0.2) is 0 Å². The number of rotatable bonds is 3. The number of benzene rings is 2. The molecule has 1 spiro atoms. The molecule has 2 aromatic carbocycles. The molecule has 5 nitrogen and oxygen atoms in total. The van der Waals surface area contributed by atoms with Gasteiger partial charge in [0, 0.05) is 12.6 Å². The maximum absolute atomic E-state index is 12.0. The molecule has 1 amide bonds. The van der Waals surface area contributed by atoms with Crippen LogP contribution in [0.5, 0.6) is 0 Å². The molecule has 1 heterocycles. The second-order valence-electron chi connectivity index (χ2n) is 7.89. The van der Waals surface area contributed by atoms with Crippen LogP contribution in [0.3, 0.4) is 0 Å². The smallest absolute Gasteiger partial charge is 0.251 e. The van der Waals surface area contributed by atoms with Gasteiger partial charge in [-0.2, -0.15) is 0 Å². The van der Waals surface area contributed by atoms with Crippen molar-refractivity contribution in [1.82, 2.24) is 5.32 Å². The molecule has 0 bridgehead atoms. The van der Waals surface area contributed by atoms with Gasteiger partial charge in [0.1, 0.15) is 5.84 Å². The number of nitrogens with zero attached hydrogens (tertiary/aromatic N) is 1. The largest absolute Gasteiger partial charge is 0.371 e. The van der Waals surface area contributed by atoms with Crippen LogP contribution in [0.4, 0.5) is 11.4 Å². The number of aryl methyl sites for hydroxylation is 1. The Balaban J connectivity index is 1.68. The molecule has 146 valence electrons. The van der Waals surface area contributed by atoms with E-state index < -0.39 is 0 Å². The zero-order valence-corrected chi connectivity index (χ0v) is 16.6. The Bertz CT molecular complexity index is 913. The highest BCUT2D eigenvalue weighted by Gasteiger charge is 2.40. The van der Waals surface area contributed by atoms with Crippen LogP contribution < -0.4 is 16.0 Å². The number of fused-ring (bicyclic) bond motifs is 1. The van der Waals surface area contributed by atoms with Crippen LogP contribution in [0.1, 0.15) is 53.6 Å². The van der Waals surface area contributed by atoms with Gasteiger partial charge in [-0.25, -0.2) is 0 Å². The lowest BCUT2D eigenvalue weighted by atomic mass is 9.79. The molecule has 1 saturated carbocycles. The van der Waals surface area contributed by atoms with Crippen molar-refractivity contribution in [2.24, 2.45) is 4.99 Å². The van der Waals surface area contributed by atoms with Gasteiger partial charge in [-0.15, -0.1) is 0 Å². The first-order valence-corrected chi connectivity index (χ1v) is 10.1. The number of carbonyl (C=O) groups is 1. The number of anilines is 2. The van der Waals surface area contributed by atoms with E-state index in [1.54, 1.807) is 7.05 Å². The summed E-state index contributed by atoms with van der Waals surface area (Å²) in [6.45, 7) is 2.76. The van der Waals surface area contributed by atoms with Crippen LogP contribution in [-0.4, -0.2) is 24.3 Å². The van der Waals surface area contributed by atoms with Crippen molar-refractivity contribution in [2.75, 3.05) is 17.7 Å². The van der Waals surface area contributed by atoms with Gasteiger partial charge in [-0.05, 0) is 43.5 Å². The van der Waals surface area contributed by atoms with Crippen molar-refractivity contribution >= 4 is 23.1 Å². The number of aliphatic imine (C=N–C) groups is 1. The summed E-state index contributed by atoms with van der Waals surface area (Å²) in [6.07, 6.45) is 5.82. The van der Waals surface area contributed by atoms with E-state index in [4.69, 9.17) is 4.99 Å². The highest BCUT2D eigenvalue weighted by atomic mass is 16.1. The van der Waals surface area contributed by atoms with Crippen molar-refractivity contribution in [2.45, 2.75) is 51.1 Å². The predicted molar refractivity (Wildman–Crippen MR) is 115 cm³/mol. The van der Waals surface area contributed by atoms with Crippen molar-refractivity contribution in [3.05, 3.63) is 59.2 Å². The van der Waals surface area contributed by atoms with E-state index in [-0.39, 0.29) is 11.4 Å². The Morgan fingerprint density at radius 2 is 1.93 bits per heavy atom. The molecule has 0 saturated heterocycles. The number of nitrogens with one attached hydrogen (secondary N) is 3. The normalized spacial score (nSPS) is 18.9. The summed E-state index contributed by atoms with van der Waals surface area (Å²) in [6, 6.07) is 14.3. The van der Waals surface area contributed by atoms with Gasteiger partial charge in [-0.3, -0.25) is 9.79 Å². The van der Waals surface area contributed by atoms with Gasteiger partial charge in [0.25, 0.3) is 5.91 Å². The van der Waals surface area contributed by atoms with Gasteiger partial charge in [-0.1, -0.05) is 49.1 Å². The average molecular weight is 377 g/mol. The van der Waals surface area contributed by atoms with Crippen molar-refractivity contribution in [1.29, 1.82) is 0 Å². The van der Waals surface area contributed by atoms with E-state index >= 15 is 0 Å². The molecule has 5 heteroatoms. The predicted octanol–water partition coefficient (Wildman–Crippen LogP) is 4.49. The van der Waals surface area contributed by atoms with E-state index in [0.29, 0.717) is 12.1 Å². The number of amidine groups is 1. The fourth-order valence-corrected chi connectivity index (χ4v) is 4.30. The van der Waals surface area contributed by atoms with Crippen molar-refractivity contribution < 1.29 is 4.79 Å². The average Bonchev–Trinajstić information content (AvgIpc) is 2.72. The number of hydrogen-bond donors (Lipinski definition) is 3. The van der Waals surface area contributed by atoms with Gasteiger partial charge >= 0.3 is 0 Å². The van der Waals surface area contributed by atoms with Gasteiger partial charge in [0.2, 0.25) is 0 Å². The molecule has 2 aromatic rings. The Morgan fingerprint density at radius 3 is 2.68 bits per heavy atom. The lowest BCUT2D eigenvalue weighted by Crippen LogP contribution is -2.53. The fourth-order valence-electron chi connectivity index (χ4n) is 4.30. The maximum Gasteiger partial charge on any atom is 0.251 e. The number of hydrogen-bond acceptors (Lipinski definition) is 3. The molecule has 0 aromatic heterocycles. The topological polar surface area (TPSA) is 65.5 Å². The Labute approximate surface area is 166 Å². The van der Waals surface area contributed by atoms with E-state index in [2.05, 4.69) is 47.1 Å². The summed E-state index contributed by atoms with van der Waals surface area (Å²) in [4.78, 5) is 17.0. The van der Waals surface area contributed by atoms with Crippen LogP contribution in [0.25, 0.3) is 0 Å². The number of carbonyl (C=O) groups excluding carboxylic acids is 1. The molecule has 4 rings (SSSR count). The highest BCUT2D eigenvalue weighted by molar-refractivity contribution is 6.10. The summed E-state index contributed by atoms with van der Waals surface area (Å²) in [5.41, 5.74) is 4.94. The summed E-state index contributed by atoms with van der Waals surface area (Å²) in [7, 11) is 1.65. The molecule has 1 fully saturated rings. The standard InChI is InChI=1S/C23H28N4O/c1-16-7-6-8-17(13-16)15-25-22-23(11-4-3-5-12-23)27-19-10-9-18(21(28)24-2)14-20(19)26-22/h6-10,13-14,27H,3-5,11-12,15H2,1-2H3,(H,24,28)(H,25,26). The molecule has 1 aliphatic heterocycles. The molecule has 3 N–H and O–H groups in total. The summed E-state index contributed by atoms with van der Waals surface area (Å²) in [5, 5.41) is 10.0. The Kier molecular flexibility index (Phi) is 5.07. The lowest BCUT2D eigenvalue weighted by molar-refractivity contribution is 0.0963. The molecule has 2 aliphatic rings. The summed E-state index contributed by atoms with van der Waals surface area (Å²) in [5.74, 6) is 0.913. The Hall–Kier alpha value is -2.82. The van der Waals surface area contributed by atoms with E-state index in [1.807, 2.05) is 18.2 Å². The third kappa shape index (κ3) is 3.61. The van der Waals surface area contributed by atoms with E-state index in [0.717, 1.165) is 30.1 Å². The molecule has 1 aliphatic carbocycles. The zero-order chi connectivity index (χ0) is 19.6. The molecular formula is C23H28N4O. The van der Waals surface area contributed by atoms with Crippen LogP contribution in [-0.2, 0) is 6.54 Å². The first kappa shape index (κ1) is 18.5. The zero-order valence-electron chi connectivity index (χ0n) is 16.6. The molecular weight excluding hydrogens is 348 g/mol. The quantitative estimate of drug-likeness (QED) is 0.739. The van der Waals surface area contributed by atoms with Crippen LogP contribution in [0.2, 0.25) is 0 Å². The minimum absolute atomic E-state index is 0.0826. The third-order valence-electron chi connectivity index (χ3n) is 5.80. The first-order valence-electron chi connectivity index (χ1n) is 10.1. The second-order valence-corrected chi connectivity index (χ2v) is 7.89. The monoisotopic (exact) mass is 376 g/mol. The Morgan fingerprint density at radius 1 is 1.11 bits per heavy atom. The SMILES string of the molecule is CNC(=O)c1ccc2c(c1)NC(=NCc1cccc(C)c1)C1(CCCCC1)N2. The first-order chi connectivity index (χ1) is 13.6. The molecule has 0 atom stereocenters. The molecule has 0 radical (unpaired) electrons. The minimum Gasteiger partial charge on any atom is -0.371 e. The fraction of sp³-hybridized carbons (Fsp3) is 0.391.